The highest BCUT2D eigenvalue weighted by atomic mass is 79.9. The molecule has 1 saturated heterocycles. The van der Waals surface area contributed by atoms with Crippen LogP contribution in [0.25, 0.3) is 0 Å². The van der Waals surface area contributed by atoms with E-state index >= 15 is 0 Å². The lowest BCUT2D eigenvalue weighted by Crippen LogP contribution is -2.48. The van der Waals surface area contributed by atoms with E-state index in [1.807, 2.05) is 48.5 Å². The van der Waals surface area contributed by atoms with E-state index in [0.717, 1.165) is 28.6 Å². The number of hydrogen-bond donors (Lipinski definition) is 2. The molecule has 5 nitrogen and oxygen atoms in total. The first-order valence-electron chi connectivity index (χ1n) is 10.8. The van der Waals surface area contributed by atoms with Crippen LogP contribution >= 0.6 is 15.9 Å². The number of hydrogen-bond acceptors (Lipinski definition) is 5. The van der Waals surface area contributed by atoms with Gasteiger partial charge in [0.25, 0.3) is 0 Å². The van der Waals surface area contributed by atoms with E-state index in [4.69, 9.17) is 9.47 Å². The number of halogens is 1. The summed E-state index contributed by atoms with van der Waals surface area (Å²) in [5.41, 5.74) is 0.673. The molecule has 166 valence electrons. The van der Waals surface area contributed by atoms with Crippen LogP contribution in [0.3, 0.4) is 0 Å². The topological polar surface area (TPSA) is 67.8 Å². The maximum Gasteiger partial charge on any atom is 0.154 e. The van der Waals surface area contributed by atoms with Gasteiger partial charge in [-0.25, -0.2) is 0 Å². The Morgan fingerprint density at radius 3 is 2.52 bits per heavy atom. The molecule has 0 spiro atoms. The lowest BCUT2D eigenvalue weighted by atomic mass is 9.62. The molecule has 2 fully saturated rings. The largest absolute Gasteiger partial charge is 0.496 e. The summed E-state index contributed by atoms with van der Waals surface area (Å²) in [7, 11) is 3.26. The Morgan fingerprint density at radius 2 is 1.81 bits per heavy atom. The van der Waals surface area contributed by atoms with Crippen LogP contribution in [0.15, 0.2) is 48.5 Å². The zero-order valence-electron chi connectivity index (χ0n) is 18.0. The molecule has 1 aliphatic carbocycles. The second-order valence-electron chi connectivity index (χ2n) is 8.70. The SMILES string of the molecule is COc1ccccc1CC(=O)C1NCC2C1CC(CBr)CC2(O)c1ccccc1OC. The van der Waals surface area contributed by atoms with Gasteiger partial charge in [-0.3, -0.25) is 4.79 Å². The third kappa shape index (κ3) is 4.13. The number of alkyl halides is 1. The van der Waals surface area contributed by atoms with Gasteiger partial charge in [-0.05, 0) is 36.8 Å². The molecule has 2 aromatic rings. The number of ether oxygens (including phenoxy) is 2. The molecule has 5 atom stereocenters. The first-order valence-corrected chi connectivity index (χ1v) is 11.9. The highest BCUT2D eigenvalue weighted by Crippen LogP contribution is 2.52. The van der Waals surface area contributed by atoms with Crippen molar-refractivity contribution in [3.63, 3.8) is 0 Å². The third-order valence-corrected chi connectivity index (χ3v) is 7.93. The molecule has 5 unspecified atom stereocenters. The summed E-state index contributed by atoms with van der Waals surface area (Å²) in [6.45, 7) is 0.608. The summed E-state index contributed by atoms with van der Waals surface area (Å²) in [5, 5.41) is 16.3. The molecular formula is C25H30BrNO4. The van der Waals surface area contributed by atoms with Gasteiger partial charge < -0.3 is 19.9 Å². The molecule has 6 heteroatoms. The Balaban J connectivity index is 1.63. The molecular weight excluding hydrogens is 458 g/mol. The second kappa shape index (κ2) is 9.31. The van der Waals surface area contributed by atoms with E-state index in [9.17, 15) is 9.90 Å². The molecule has 0 amide bonds. The van der Waals surface area contributed by atoms with Gasteiger partial charge in [0, 0.05) is 35.3 Å². The average Bonchev–Trinajstić information content (AvgIpc) is 3.24. The van der Waals surface area contributed by atoms with E-state index in [1.165, 1.54) is 0 Å². The van der Waals surface area contributed by atoms with Crippen LogP contribution in [-0.4, -0.2) is 43.0 Å². The molecule has 2 aromatic carbocycles. The smallest absolute Gasteiger partial charge is 0.154 e. The molecule has 0 aromatic heterocycles. The fourth-order valence-electron chi connectivity index (χ4n) is 5.60. The highest BCUT2D eigenvalue weighted by Gasteiger charge is 2.55. The fourth-order valence-corrected chi connectivity index (χ4v) is 6.09. The predicted molar refractivity (Wildman–Crippen MR) is 124 cm³/mol. The minimum atomic E-state index is -1.04. The Kier molecular flexibility index (Phi) is 6.70. The molecule has 4 rings (SSSR count). The molecule has 31 heavy (non-hydrogen) atoms. The number of carbonyl (C=O) groups excluding carboxylic acids is 1. The second-order valence-corrected chi connectivity index (χ2v) is 9.34. The molecule has 0 bridgehead atoms. The van der Waals surface area contributed by atoms with Crippen molar-refractivity contribution in [1.82, 2.24) is 5.32 Å². The lowest BCUT2D eigenvalue weighted by Gasteiger charge is -2.46. The standard InChI is InChI=1S/C25H30BrNO4/c1-30-22-9-5-3-7-17(22)12-21(28)24-18-11-16(14-26)13-25(29,20(18)15-27-24)19-8-4-6-10-23(19)31-2/h3-10,16,18,20,24,27,29H,11-15H2,1-2H3. The van der Waals surface area contributed by atoms with Crippen LogP contribution in [0.1, 0.15) is 24.0 Å². The molecule has 2 N–H and O–H groups in total. The number of rotatable bonds is 7. The minimum absolute atomic E-state index is 0.0503. The van der Waals surface area contributed by atoms with E-state index in [1.54, 1.807) is 14.2 Å². The lowest BCUT2D eigenvalue weighted by molar-refractivity contribution is -0.124. The molecule has 1 aliphatic heterocycles. The highest BCUT2D eigenvalue weighted by molar-refractivity contribution is 9.09. The predicted octanol–water partition coefficient (Wildman–Crippen LogP) is 3.71. The number of carbonyl (C=O) groups is 1. The van der Waals surface area contributed by atoms with E-state index < -0.39 is 5.60 Å². The number of fused-ring (bicyclic) bond motifs is 1. The van der Waals surface area contributed by atoms with Gasteiger partial charge >= 0.3 is 0 Å². The first kappa shape index (κ1) is 22.3. The number of benzene rings is 2. The normalized spacial score (nSPS) is 29.9. The number of Topliss-reactive ketones (excluding diaryl/α,β-unsaturated/α-hetero) is 1. The fraction of sp³-hybridized carbons (Fsp3) is 0.480. The van der Waals surface area contributed by atoms with Crippen molar-refractivity contribution in [1.29, 1.82) is 0 Å². The zero-order chi connectivity index (χ0) is 22.0. The van der Waals surface area contributed by atoms with Crippen molar-refractivity contribution in [3.05, 3.63) is 59.7 Å². The van der Waals surface area contributed by atoms with E-state index in [2.05, 4.69) is 21.2 Å². The van der Waals surface area contributed by atoms with Gasteiger partial charge in [0.15, 0.2) is 5.78 Å². The summed E-state index contributed by atoms with van der Waals surface area (Å²) in [5.74, 6) is 1.87. The van der Waals surface area contributed by atoms with Crippen molar-refractivity contribution >= 4 is 21.7 Å². The number of aliphatic hydroxyl groups is 1. The number of ketones is 1. The van der Waals surface area contributed by atoms with Crippen LogP contribution in [0, 0.1) is 17.8 Å². The summed E-state index contributed by atoms with van der Waals surface area (Å²) in [4.78, 5) is 13.4. The first-order chi connectivity index (χ1) is 15.0. The summed E-state index contributed by atoms with van der Waals surface area (Å²) in [6.07, 6.45) is 1.87. The van der Waals surface area contributed by atoms with E-state index in [-0.39, 0.29) is 29.6 Å². The Morgan fingerprint density at radius 1 is 1.13 bits per heavy atom. The maximum absolute atomic E-state index is 13.4. The van der Waals surface area contributed by atoms with Gasteiger partial charge in [-0.2, -0.15) is 0 Å². The van der Waals surface area contributed by atoms with Crippen molar-refractivity contribution < 1.29 is 19.4 Å². The van der Waals surface area contributed by atoms with Gasteiger partial charge in [0.1, 0.15) is 11.5 Å². The number of para-hydroxylation sites is 2. The van der Waals surface area contributed by atoms with Crippen LogP contribution in [0.2, 0.25) is 0 Å². The number of methoxy groups -OCH3 is 2. The van der Waals surface area contributed by atoms with Crippen molar-refractivity contribution in [3.8, 4) is 11.5 Å². The Bertz CT molecular complexity index is 935. The van der Waals surface area contributed by atoms with Crippen LogP contribution in [-0.2, 0) is 16.8 Å². The maximum atomic E-state index is 13.4. The molecule has 0 radical (unpaired) electrons. The zero-order valence-corrected chi connectivity index (χ0v) is 19.6. The number of nitrogens with one attached hydrogen (secondary N) is 1. The van der Waals surface area contributed by atoms with Crippen molar-refractivity contribution in [2.45, 2.75) is 30.9 Å². The van der Waals surface area contributed by atoms with E-state index in [0.29, 0.717) is 25.1 Å². The molecule has 1 saturated carbocycles. The van der Waals surface area contributed by atoms with Crippen LogP contribution in [0.4, 0.5) is 0 Å². The summed E-state index contributed by atoms with van der Waals surface area (Å²) >= 11 is 3.63. The van der Waals surface area contributed by atoms with Crippen molar-refractivity contribution in [2.75, 3.05) is 26.1 Å². The van der Waals surface area contributed by atoms with Crippen LogP contribution in [0.5, 0.6) is 11.5 Å². The molecule has 2 aliphatic rings. The average molecular weight is 488 g/mol. The van der Waals surface area contributed by atoms with Gasteiger partial charge in [-0.1, -0.05) is 52.3 Å². The molecule has 1 heterocycles. The summed E-state index contributed by atoms with van der Waals surface area (Å²) < 4.78 is 11.0. The van der Waals surface area contributed by atoms with Gasteiger partial charge in [0.2, 0.25) is 0 Å². The monoisotopic (exact) mass is 487 g/mol. The Labute approximate surface area is 192 Å². The quantitative estimate of drug-likeness (QED) is 0.582. The van der Waals surface area contributed by atoms with Gasteiger partial charge in [0.05, 0.1) is 25.9 Å². The summed E-state index contributed by atoms with van der Waals surface area (Å²) in [6, 6.07) is 15.1. The third-order valence-electron chi connectivity index (χ3n) is 7.02. The minimum Gasteiger partial charge on any atom is -0.496 e. The Hall–Kier alpha value is -1.89. The van der Waals surface area contributed by atoms with Crippen LogP contribution < -0.4 is 14.8 Å². The van der Waals surface area contributed by atoms with Crippen molar-refractivity contribution in [2.24, 2.45) is 17.8 Å². The van der Waals surface area contributed by atoms with Gasteiger partial charge in [-0.15, -0.1) is 0 Å².